The van der Waals surface area contributed by atoms with Crippen molar-refractivity contribution in [2.75, 3.05) is 13.1 Å². The van der Waals surface area contributed by atoms with E-state index in [1.54, 1.807) is 11.3 Å². The fourth-order valence-corrected chi connectivity index (χ4v) is 2.97. The van der Waals surface area contributed by atoms with E-state index in [2.05, 4.69) is 37.4 Å². The van der Waals surface area contributed by atoms with Gasteiger partial charge in [0.1, 0.15) is 5.82 Å². The van der Waals surface area contributed by atoms with E-state index in [0.29, 0.717) is 0 Å². The zero-order valence-electron chi connectivity index (χ0n) is 11.9. The van der Waals surface area contributed by atoms with Gasteiger partial charge in [-0.15, -0.1) is 11.3 Å². The lowest BCUT2D eigenvalue weighted by molar-refractivity contribution is 0.628. The van der Waals surface area contributed by atoms with E-state index >= 15 is 0 Å². The summed E-state index contributed by atoms with van der Waals surface area (Å²) < 4.78 is 12.9. The molecule has 0 aliphatic heterocycles. The number of hydrogen-bond donors (Lipinski definition) is 1. The van der Waals surface area contributed by atoms with Gasteiger partial charge in [0.15, 0.2) is 0 Å². The Kier molecular flexibility index (Phi) is 5.50. The predicted molar refractivity (Wildman–Crippen MR) is 86.5 cm³/mol. The normalized spacial score (nSPS) is 11.8. The van der Waals surface area contributed by atoms with Crippen molar-refractivity contribution in [1.29, 1.82) is 0 Å². The van der Waals surface area contributed by atoms with E-state index in [4.69, 9.17) is 0 Å². The monoisotopic (exact) mass is 289 g/mol. The van der Waals surface area contributed by atoms with Crippen LogP contribution in [0, 0.1) is 5.82 Å². The molecule has 2 rings (SSSR count). The Hall–Kier alpha value is -1.45. The lowest BCUT2D eigenvalue weighted by atomic mass is 10.1. The molecule has 0 aliphatic carbocycles. The average Bonchev–Trinajstić information content (AvgIpc) is 2.92. The molecule has 1 heterocycles. The van der Waals surface area contributed by atoms with Gasteiger partial charge in [0.25, 0.3) is 0 Å². The van der Waals surface area contributed by atoms with Crippen LogP contribution in [0.5, 0.6) is 0 Å². The number of rotatable bonds is 6. The van der Waals surface area contributed by atoms with Crippen LogP contribution in [0.25, 0.3) is 16.5 Å². The lowest BCUT2D eigenvalue weighted by Gasteiger charge is -2.04. The van der Waals surface area contributed by atoms with E-state index in [0.717, 1.165) is 25.1 Å². The molecule has 0 aliphatic rings. The van der Waals surface area contributed by atoms with Crippen molar-refractivity contribution in [2.24, 2.45) is 0 Å². The third-order valence-electron chi connectivity index (χ3n) is 3.16. The van der Waals surface area contributed by atoms with Crippen LogP contribution in [0.3, 0.4) is 0 Å². The third-order valence-corrected chi connectivity index (χ3v) is 4.24. The molecule has 20 heavy (non-hydrogen) atoms. The average molecular weight is 289 g/mol. The molecule has 2 aromatic rings. The summed E-state index contributed by atoms with van der Waals surface area (Å²) in [5.74, 6) is -0.190. The van der Waals surface area contributed by atoms with E-state index in [1.165, 1.54) is 27.5 Å². The number of thiophene rings is 1. The standard InChI is InChI=1S/C17H20FNS/c1-3-13(12-19-4-2)11-16-9-10-17(20-16)14-5-7-15(18)8-6-14/h5-11,19H,3-4,12H2,1-2H3. The minimum absolute atomic E-state index is 0.190. The van der Waals surface area contributed by atoms with Crippen molar-refractivity contribution in [3.63, 3.8) is 0 Å². The first-order valence-corrected chi connectivity index (χ1v) is 7.80. The fourth-order valence-electron chi connectivity index (χ4n) is 1.96. The van der Waals surface area contributed by atoms with Crippen molar-refractivity contribution in [3.05, 3.63) is 52.7 Å². The van der Waals surface area contributed by atoms with Gasteiger partial charge in [0.2, 0.25) is 0 Å². The maximum Gasteiger partial charge on any atom is 0.123 e. The van der Waals surface area contributed by atoms with Gasteiger partial charge in [-0.25, -0.2) is 4.39 Å². The summed E-state index contributed by atoms with van der Waals surface area (Å²) in [6.45, 7) is 6.22. The molecule has 0 radical (unpaired) electrons. The number of halogens is 1. The second kappa shape index (κ2) is 7.36. The SMILES string of the molecule is CCNCC(=Cc1ccc(-c2ccc(F)cc2)s1)CC. The van der Waals surface area contributed by atoms with Gasteiger partial charge in [0, 0.05) is 16.3 Å². The first kappa shape index (κ1) is 14.9. The molecule has 0 saturated heterocycles. The maximum atomic E-state index is 12.9. The van der Waals surface area contributed by atoms with Crippen molar-refractivity contribution >= 4 is 17.4 Å². The van der Waals surface area contributed by atoms with Gasteiger partial charge in [-0.1, -0.05) is 31.6 Å². The molecular weight excluding hydrogens is 269 g/mol. The number of nitrogens with one attached hydrogen (secondary N) is 1. The van der Waals surface area contributed by atoms with Crippen LogP contribution in [-0.4, -0.2) is 13.1 Å². The molecule has 106 valence electrons. The second-order valence-electron chi connectivity index (χ2n) is 4.65. The fraction of sp³-hybridized carbons (Fsp3) is 0.294. The van der Waals surface area contributed by atoms with Crippen LogP contribution in [0.1, 0.15) is 25.1 Å². The lowest BCUT2D eigenvalue weighted by Crippen LogP contribution is -2.15. The summed E-state index contributed by atoms with van der Waals surface area (Å²) in [6.07, 6.45) is 3.30. The van der Waals surface area contributed by atoms with Gasteiger partial charge in [-0.2, -0.15) is 0 Å². The van der Waals surface area contributed by atoms with Crippen molar-refractivity contribution in [3.8, 4) is 10.4 Å². The molecule has 1 aromatic heterocycles. The summed E-state index contributed by atoms with van der Waals surface area (Å²) >= 11 is 1.74. The van der Waals surface area contributed by atoms with Crippen LogP contribution >= 0.6 is 11.3 Å². The van der Waals surface area contributed by atoms with E-state index in [1.807, 2.05) is 12.1 Å². The maximum absolute atomic E-state index is 12.9. The minimum atomic E-state index is -0.190. The Balaban J connectivity index is 2.15. The topological polar surface area (TPSA) is 12.0 Å². The van der Waals surface area contributed by atoms with Crippen molar-refractivity contribution in [1.82, 2.24) is 5.32 Å². The number of likely N-dealkylation sites (N-methyl/N-ethyl adjacent to an activating group) is 1. The Bertz CT molecular complexity index is 569. The van der Waals surface area contributed by atoms with E-state index < -0.39 is 0 Å². The first-order chi connectivity index (χ1) is 9.72. The predicted octanol–water partition coefficient (Wildman–Crippen LogP) is 4.96. The first-order valence-electron chi connectivity index (χ1n) is 6.99. The van der Waals surface area contributed by atoms with Crippen LogP contribution < -0.4 is 5.32 Å². The molecule has 0 atom stereocenters. The van der Waals surface area contributed by atoms with Gasteiger partial charge < -0.3 is 5.32 Å². The van der Waals surface area contributed by atoms with Gasteiger partial charge in [-0.05, 0) is 48.9 Å². The summed E-state index contributed by atoms with van der Waals surface area (Å²) in [4.78, 5) is 2.43. The molecule has 0 saturated carbocycles. The second-order valence-corrected chi connectivity index (χ2v) is 5.76. The van der Waals surface area contributed by atoms with Crippen molar-refractivity contribution in [2.45, 2.75) is 20.3 Å². The zero-order chi connectivity index (χ0) is 14.4. The minimum Gasteiger partial charge on any atom is -0.313 e. The molecular formula is C17H20FNS. The Morgan fingerprint density at radius 3 is 2.55 bits per heavy atom. The molecule has 0 unspecified atom stereocenters. The third kappa shape index (κ3) is 4.02. The molecule has 0 fully saturated rings. The summed E-state index contributed by atoms with van der Waals surface area (Å²) in [7, 11) is 0. The van der Waals surface area contributed by atoms with Gasteiger partial charge in [-0.3, -0.25) is 0 Å². The largest absolute Gasteiger partial charge is 0.313 e. The van der Waals surface area contributed by atoms with Gasteiger partial charge >= 0.3 is 0 Å². The Morgan fingerprint density at radius 1 is 1.15 bits per heavy atom. The molecule has 0 spiro atoms. The van der Waals surface area contributed by atoms with Crippen LogP contribution in [-0.2, 0) is 0 Å². The number of hydrogen-bond acceptors (Lipinski definition) is 2. The summed E-state index contributed by atoms with van der Waals surface area (Å²) in [6, 6.07) is 10.9. The van der Waals surface area contributed by atoms with Crippen LogP contribution in [0.2, 0.25) is 0 Å². The van der Waals surface area contributed by atoms with Crippen LogP contribution in [0.4, 0.5) is 4.39 Å². The molecule has 1 nitrogen and oxygen atoms in total. The molecule has 0 amide bonds. The van der Waals surface area contributed by atoms with E-state index in [-0.39, 0.29) is 5.82 Å². The summed E-state index contributed by atoms with van der Waals surface area (Å²) in [5.41, 5.74) is 2.47. The van der Waals surface area contributed by atoms with Crippen LogP contribution in [0.15, 0.2) is 42.0 Å². The highest BCUT2D eigenvalue weighted by Crippen LogP contribution is 2.29. The highest BCUT2D eigenvalue weighted by atomic mass is 32.1. The van der Waals surface area contributed by atoms with Gasteiger partial charge in [0.05, 0.1) is 0 Å². The molecule has 1 aromatic carbocycles. The zero-order valence-corrected chi connectivity index (χ0v) is 12.8. The smallest absolute Gasteiger partial charge is 0.123 e. The summed E-state index contributed by atoms with van der Waals surface area (Å²) in [5, 5.41) is 3.36. The quantitative estimate of drug-likeness (QED) is 0.792. The highest BCUT2D eigenvalue weighted by molar-refractivity contribution is 7.16. The highest BCUT2D eigenvalue weighted by Gasteiger charge is 2.03. The molecule has 1 N–H and O–H groups in total. The Morgan fingerprint density at radius 2 is 1.90 bits per heavy atom. The van der Waals surface area contributed by atoms with E-state index in [9.17, 15) is 4.39 Å². The molecule has 0 bridgehead atoms. The Labute approximate surface area is 124 Å². The number of benzene rings is 1. The molecule has 3 heteroatoms. The van der Waals surface area contributed by atoms with Crippen molar-refractivity contribution < 1.29 is 4.39 Å².